The van der Waals surface area contributed by atoms with Gasteiger partial charge in [0.25, 0.3) is 0 Å². The molecule has 1 aromatic heterocycles. The van der Waals surface area contributed by atoms with Crippen molar-refractivity contribution in [3.05, 3.63) is 52.0 Å². The van der Waals surface area contributed by atoms with Crippen molar-refractivity contribution in [3.8, 4) is 0 Å². The molecule has 0 saturated carbocycles. The highest BCUT2D eigenvalue weighted by molar-refractivity contribution is 7.09. The summed E-state index contributed by atoms with van der Waals surface area (Å²) in [6.45, 7) is 3.85. The van der Waals surface area contributed by atoms with Crippen molar-refractivity contribution in [2.24, 2.45) is 5.92 Å². The van der Waals surface area contributed by atoms with E-state index in [0.717, 1.165) is 36.4 Å². The average molecular weight is 374 g/mol. The molecule has 2 amide bonds. The molecule has 2 aromatic rings. The van der Waals surface area contributed by atoms with Gasteiger partial charge < -0.3 is 15.3 Å². The molecule has 26 heavy (non-hydrogen) atoms. The number of nitrogens with one attached hydrogen (secondary N) is 1. The molecule has 1 saturated heterocycles. The third-order valence-corrected chi connectivity index (χ3v) is 5.97. The first-order valence-electron chi connectivity index (χ1n) is 9.27. The number of amides is 2. The van der Waals surface area contributed by atoms with Crippen LogP contribution in [-0.4, -0.2) is 40.2 Å². The Morgan fingerprint density at radius 2 is 2.08 bits per heavy atom. The highest BCUT2D eigenvalue weighted by Gasteiger charge is 2.27. The number of aryl methyl sites for hydroxylation is 2. The van der Waals surface area contributed by atoms with Crippen LogP contribution in [0.5, 0.6) is 0 Å². The van der Waals surface area contributed by atoms with Gasteiger partial charge >= 0.3 is 6.03 Å². The van der Waals surface area contributed by atoms with Crippen LogP contribution in [0.25, 0.3) is 0 Å². The number of aliphatic hydroxyl groups is 1. The van der Waals surface area contributed by atoms with Crippen molar-refractivity contribution in [3.63, 3.8) is 0 Å². The van der Waals surface area contributed by atoms with Crippen LogP contribution in [0.15, 0.2) is 35.7 Å². The number of piperidine rings is 1. The number of aromatic nitrogens is 1. The van der Waals surface area contributed by atoms with E-state index >= 15 is 0 Å². The van der Waals surface area contributed by atoms with Crippen molar-refractivity contribution in [2.75, 3.05) is 13.1 Å². The van der Waals surface area contributed by atoms with E-state index in [1.807, 2.05) is 35.4 Å². The molecule has 3 rings (SSSR count). The highest BCUT2D eigenvalue weighted by atomic mass is 32.1. The Balaban J connectivity index is 1.38. The Bertz CT molecular complexity index is 696. The van der Waals surface area contributed by atoms with Crippen LogP contribution >= 0.6 is 11.3 Å². The van der Waals surface area contributed by atoms with Crippen LogP contribution in [0, 0.1) is 12.8 Å². The van der Waals surface area contributed by atoms with Gasteiger partial charge in [-0.15, -0.1) is 11.3 Å². The normalized spacial score (nSPS) is 16.5. The van der Waals surface area contributed by atoms with Gasteiger partial charge in [-0.3, -0.25) is 0 Å². The van der Waals surface area contributed by atoms with Gasteiger partial charge in [0.15, 0.2) is 0 Å². The van der Waals surface area contributed by atoms with Gasteiger partial charge in [-0.25, -0.2) is 9.78 Å². The second kappa shape index (κ2) is 9.14. The summed E-state index contributed by atoms with van der Waals surface area (Å²) in [5.74, 6) is 0.282. The van der Waals surface area contributed by atoms with E-state index in [-0.39, 0.29) is 18.1 Å². The lowest BCUT2D eigenvalue weighted by Crippen LogP contribution is -2.45. The molecule has 0 spiro atoms. The van der Waals surface area contributed by atoms with Crippen molar-refractivity contribution in [1.82, 2.24) is 15.2 Å². The van der Waals surface area contributed by atoms with Crippen LogP contribution in [0.4, 0.5) is 4.79 Å². The zero-order chi connectivity index (χ0) is 18.4. The molecule has 2 N–H and O–H groups in total. The van der Waals surface area contributed by atoms with Crippen molar-refractivity contribution in [1.29, 1.82) is 0 Å². The number of rotatable bonds is 6. The molecule has 5 nitrogen and oxygen atoms in total. The smallest absolute Gasteiger partial charge is 0.317 e. The van der Waals surface area contributed by atoms with E-state index in [1.165, 1.54) is 5.56 Å². The Hall–Kier alpha value is -1.92. The minimum atomic E-state index is -0.293. The topological polar surface area (TPSA) is 65.5 Å². The molecule has 1 atom stereocenters. The monoisotopic (exact) mass is 373 g/mol. The van der Waals surface area contributed by atoms with E-state index < -0.39 is 0 Å². The second-order valence-electron chi connectivity index (χ2n) is 6.96. The molecule has 1 fully saturated rings. The van der Waals surface area contributed by atoms with Gasteiger partial charge in [-0.1, -0.05) is 30.3 Å². The number of urea groups is 1. The van der Waals surface area contributed by atoms with Crippen molar-refractivity contribution < 1.29 is 9.90 Å². The summed E-state index contributed by atoms with van der Waals surface area (Å²) in [7, 11) is 0. The maximum absolute atomic E-state index is 12.3. The molecular weight excluding hydrogens is 346 g/mol. The number of hydrogen-bond acceptors (Lipinski definition) is 4. The fourth-order valence-corrected chi connectivity index (χ4v) is 4.14. The summed E-state index contributed by atoms with van der Waals surface area (Å²) in [5, 5.41) is 16.4. The molecule has 1 aromatic carbocycles. The summed E-state index contributed by atoms with van der Waals surface area (Å²) >= 11 is 1.57. The summed E-state index contributed by atoms with van der Waals surface area (Å²) in [5.41, 5.74) is 2.25. The van der Waals surface area contributed by atoms with Crippen LogP contribution in [0.3, 0.4) is 0 Å². The van der Waals surface area contributed by atoms with Gasteiger partial charge in [0.05, 0.1) is 12.6 Å². The minimum Gasteiger partial charge on any atom is -0.393 e. The maximum Gasteiger partial charge on any atom is 0.317 e. The first-order chi connectivity index (χ1) is 12.6. The zero-order valence-corrected chi connectivity index (χ0v) is 16.0. The van der Waals surface area contributed by atoms with E-state index in [1.54, 1.807) is 11.3 Å². The number of carbonyl (C=O) groups excluding carboxylic acids is 1. The van der Waals surface area contributed by atoms with Gasteiger partial charge in [0.1, 0.15) is 5.01 Å². The summed E-state index contributed by atoms with van der Waals surface area (Å²) < 4.78 is 0. The molecule has 0 bridgehead atoms. The largest absolute Gasteiger partial charge is 0.393 e. The number of benzene rings is 1. The van der Waals surface area contributed by atoms with Crippen LogP contribution in [-0.2, 0) is 13.0 Å². The standard InChI is InChI=1S/C20H27N3O2S/c1-15-14-26-19(22-15)13-21-20(25)23-11-9-17(10-12-23)18(24)8-7-16-5-3-2-4-6-16/h2-6,14,17-18,24H,7-13H2,1H3,(H,21,25)/t18-/m0/s1. The van der Waals surface area contributed by atoms with Crippen LogP contribution in [0.2, 0.25) is 0 Å². The zero-order valence-electron chi connectivity index (χ0n) is 15.2. The Labute approximate surface area is 159 Å². The number of aliphatic hydroxyl groups excluding tert-OH is 1. The molecule has 0 radical (unpaired) electrons. The molecule has 1 aliphatic rings. The Morgan fingerprint density at radius 1 is 1.35 bits per heavy atom. The third kappa shape index (κ3) is 5.29. The SMILES string of the molecule is Cc1csc(CNC(=O)N2CCC([C@@H](O)CCc3ccccc3)CC2)n1. The molecule has 2 heterocycles. The van der Waals surface area contributed by atoms with Crippen LogP contribution in [0.1, 0.15) is 35.5 Å². The van der Waals surface area contributed by atoms with Crippen LogP contribution < -0.4 is 5.32 Å². The number of likely N-dealkylation sites (tertiary alicyclic amines) is 1. The van der Waals surface area contributed by atoms with Gasteiger partial charge in [0.2, 0.25) is 0 Å². The van der Waals surface area contributed by atoms with Crippen molar-refractivity contribution in [2.45, 2.75) is 45.3 Å². The summed E-state index contributed by atoms with van der Waals surface area (Å²) in [6.07, 6.45) is 3.11. The third-order valence-electron chi connectivity index (χ3n) is 5.00. The maximum atomic E-state index is 12.3. The number of hydrogen-bond donors (Lipinski definition) is 2. The molecule has 0 unspecified atom stereocenters. The van der Waals surface area contributed by atoms with E-state index in [0.29, 0.717) is 19.6 Å². The molecule has 140 valence electrons. The lowest BCUT2D eigenvalue weighted by atomic mass is 9.88. The van der Waals surface area contributed by atoms with Crippen molar-refractivity contribution >= 4 is 17.4 Å². The first-order valence-corrected chi connectivity index (χ1v) is 10.2. The molecule has 0 aliphatic carbocycles. The molecule has 6 heteroatoms. The van der Waals surface area contributed by atoms with E-state index in [4.69, 9.17) is 0 Å². The first kappa shape index (κ1) is 18.9. The number of carbonyl (C=O) groups is 1. The Kier molecular flexibility index (Phi) is 6.63. The highest BCUT2D eigenvalue weighted by Crippen LogP contribution is 2.23. The lowest BCUT2D eigenvalue weighted by Gasteiger charge is -2.34. The number of thiazole rings is 1. The van der Waals surface area contributed by atoms with E-state index in [2.05, 4.69) is 22.4 Å². The second-order valence-corrected chi connectivity index (χ2v) is 7.90. The molecular formula is C20H27N3O2S. The van der Waals surface area contributed by atoms with Gasteiger partial charge in [-0.05, 0) is 44.1 Å². The minimum absolute atomic E-state index is 0.0323. The summed E-state index contributed by atoms with van der Waals surface area (Å²) in [6, 6.07) is 10.2. The fraction of sp³-hybridized carbons (Fsp3) is 0.500. The lowest BCUT2D eigenvalue weighted by molar-refractivity contribution is 0.0610. The predicted molar refractivity (Wildman–Crippen MR) is 104 cm³/mol. The predicted octanol–water partition coefficient (Wildman–Crippen LogP) is 3.37. The van der Waals surface area contributed by atoms with E-state index in [9.17, 15) is 9.90 Å². The summed E-state index contributed by atoms with van der Waals surface area (Å²) in [4.78, 5) is 18.5. The fourth-order valence-electron chi connectivity index (χ4n) is 3.43. The quantitative estimate of drug-likeness (QED) is 0.816. The van der Waals surface area contributed by atoms with Gasteiger partial charge in [-0.2, -0.15) is 0 Å². The number of nitrogens with zero attached hydrogens (tertiary/aromatic N) is 2. The van der Waals surface area contributed by atoms with Gasteiger partial charge in [0, 0.05) is 24.2 Å². The molecule has 1 aliphatic heterocycles. The average Bonchev–Trinajstić information content (AvgIpc) is 3.10. The Morgan fingerprint density at radius 3 is 2.73 bits per heavy atom.